The van der Waals surface area contributed by atoms with Crippen LogP contribution < -0.4 is 11.3 Å². The second kappa shape index (κ2) is 18.0. The molecule has 268 valence electrons. The van der Waals surface area contributed by atoms with Gasteiger partial charge in [-0.2, -0.15) is 0 Å². The van der Waals surface area contributed by atoms with Gasteiger partial charge in [0.25, 0.3) is 0 Å². The van der Waals surface area contributed by atoms with Crippen LogP contribution in [0.25, 0.3) is 21.9 Å². The molecule has 4 aromatic rings. The van der Waals surface area contributed by atoms with E-state index in [2.05, 4.69) is 13.8 Å². The number of carbonyl (C=O) groups excluding carboxylic acids is 1. The van der Waals surface area contributed by atoms with Crippen molar-refractivity contribution in [2.45, 2.75) is 131 Å². The Kier molecular flexibility index (Phi) is 13.8. The molecule has 0 aliphatic carbocycles. The Balaban J connectivity index is 1.87. The Labute approximate surface area is 295 Å². The van der Waals surface area contributed by atoms with E-state index in [-0.39, 0.29) is 22.6 Å². The van der Waals surface area contributed by atoms with Crippen molar-refractivity contribution in [3.63, 3.8) is 0 Å². The number of carbonyl (C=O) groups is 1. The van der Waals surface area contributed by atoms with Gasteiger partial charge in [-0.15, -0.1) is 0 Å². The van der Waals surface area contributed by atoms with E-state index in [1.165, 1.54) is 12.1 Å². The molecule has 2 N–H and O–H groups in total. The summed E-state index contributed by atoms with van der Waals surface area (Å²) in [5, 5.41) is 23.4. The van der Waals surface area contributed by atoms with Crippen molar-refractivity contribution in [1.82, 2.24) is 0 Å². The summed E-state index contributed by atoms with van der Waals surface area (Å²) in [6.07, 6.45) is 16.2. The fourth-order valence-corrected chi connectivity index (χ4v) is 6.51. The third kappa shape index (κ3) is 9.43. The number of unbranched alkanes of at least 4 members (excludes halogenated alkanes) is 8. The molecule has 0 saturated heterocycles. The highest BCUT2D eigenvalue weighted by molar-refractivity contribution is 6.11. The van der Waals surface area contributed by atoms with Crippen LogP contribution in [0.1, 0.15) is 144 Å². The minimum Gasteiger partial charge on any atom is -0.508 e. The SMILES string of the molecule is CCCCCCCc1c(O)cc(CC=C(C)C)c2oc(=O)c(C(=O)c3cc4c(CCCCCCC)c(O)cc(CC=C(C)C)c4oc3=O)cc12. The maximum atomic E-state index is 14.2. The van der Waals surface area contributed by atoms with Crippen LogP contribution in [0.2, 0.25) is 0 Å². The lowest BCUT2D eigenvalue weighted by Crippen LogP contribution is -2.21. The van der Waals surface area contributed by atoms with Crippen LogP contribution in [0.5, 0.6) is 11.5 Å². The van der Waals surface area contributed by atoms with E-state index in [9.17, 15) is 24.6 Å². The number of rotatable bonds is 18. The van der Waals surface area contributed by atoms with E-state index < -0.39 is 17.0 Å². The molecule has 50 heavy (non-hydrogen) atoms. The summed E-state index contributed by atoms with van der Waals surface area (Å²) in [6, 6.07) is 6.23. The predicted octanol–water partition coefficient (Wildman–Crippen LogP) is 10.6. The Morgan fingerprint density at radius 2 is 0.980 bits per heavy atom. The van der Waals surface area contributed by atoms with Crippen molar-refractivity contribution < 1.29 is 23.8 Å². The summed E-state index contributed by atoms with van der Waals surface area (Å²) >= 11 is 0. The minimum absolute atomic E-state index is 0.0885. The second-order valence-corrected chi connectivity index (χ2v) is 14.1. The molecule has 0 fully saturated rings. The summed E-state index contributed by atoms with van der Waals surface area (Å²) in [5.74, 6) is -0.640. The highest BCUT2D eigenvalue weighted by atomic mass is 16.4. The van der Waals surface area contributed by atoms with Gasteiger partial charge < -0.3 is 19.0 Å². The van der Waals surface area contributed by atoms with Crippen LogP contribution >= 0.6 is 0 Å². The molecule has 2 aromatic heterocycles. The quantitative estimate of drug-likeness (QED) is 0.0464. The fraction of sp³-hybridized carbons (Fsp3) is 0.465. The molecule has 0 bridgehead atoms. The fourth-order valence-electron chi connectivity index (χ4n) is 6.51. The molecule has 4 rings (SSSR count). The number of benzene rings is 2. The summed E-state index contributed by atoms with van der Waals surface area (Å²) in [7, 11) is 0. The first-order chi connectivity index (χ1) is 24.0. The minimum atomic E-state index is -0.865. The van der Waals surface area contributed by atoms with E-state index in [0.29, 0.717) is 69.9 Å². The first-order valence-corrected chi connectivity index (χ1v) is 18.4. The van der Waals surface area contributed by atoms with Gasteiger partial charge in [0.1, 0.15) is 33.8 Å². The first-order valence-electron chi connectivity index (χ1n) is 18.4. The maximum Gasteiger partial charge on any atom is 0.347 e. The zero-order valence-corrected chi connectivity index (χ0v) is 30.8. The number of aryl methyl sites for hydroxylation is 2. The topological polar surface area (TPSA) is 118 Å². The molecule has 0 radical (unpaired) electrons. The van der Waals surface area contributed by atoms with Gasteiger partial charge in [0.2, 0.25) is 5.78 Å². The Morgan fingerprint density at radius 1 is 0.600 bits per heavy atom. The van der Waals surface area contributed by atoms with Crippen LogP contribution in [0, 0.1) is 0 Å². The van der Waals surface area contributed by atoms with Gasteiger partial charge in [-0.1, -0.05) is 88.5 Å². The maximum absolute atomic E-state index is 14.2. The molecular formula is C43H54O7. The van der Waals surface area contributed by atoms with Crippen molar-refractivity contribution in [1.29, 1.82) is 0 Å². The number of allylic oxidation sites excluding steroid dienone is 4. The Morgan fingerprint density at radius 3 is 1.34 bits per heavy atom. The van der Waals surface area contributed by atoms with Crippen LogP contribution in [0.4, 0.5) is 0 Å². The number of hydrogen-bond donors (Lipinski definition) is 2. The smallest absolute Gasteiger partial charge is 0.347 e. The summed E-state index contributed by atoms with van der Waals surface area (Å²) in [5.41, 5.74) is 2.96. The molecular weight excluding hydrogens is 628 g/mol. The number of fused-ring (bicyclic) bond motifs is 2. The third-order valence-electron chi connectivity index (χ3n) is 9.38. The van der Waals surface area contributed by atoms with Crippen molar-refractivity contribution in [2.24, 2.45) is 0 Å². The molecule has 2 aromatic carbocycles. The van der Waals surface area contributed by atoms with Gasteiger partial charge >= 0.3 is 11.3 Å². The van der Waals surface area contributed by atoms with E-state index in [1.54, 1.807) is 12.1 Å². The summed E-state index contributed by atoms with van der Waals surface area (Å²) < 4.78 is 11.7. The lowest BCUT2D eigenvalue weighted by Gasteiger charge is -2.14. The van der Waals surface area contributed by atoms with Crippen molar-refractivity contribution in [3.8, 4) is 11.5 Å². The largest absolute Gasteiger partial charge is 0.508 e. The van der Waals surface area contributed by atoms with Crippen molar-refractivity contribution in [2.75, 3.05) is 0 Å². The second-order valence-electron chi connectivity index (χ2n) is 14.1. The number of hydrogen-bond acceptors (Lipinski definition) is 7. The van der Waals surface area contributed by atoms with Crippen LogP contribution in [0.3, 0.4) is 0 Å². The average Bonchev–Trinajstić information content (AvgIpc) is 3.07. The number of phenols is 2. The predicted molar refractivity (Wildman–Crippen MR) is 203 cm³/mol. The zero-order valence-electron chi connectivity index (χ0n) is 30.8. The third-order valence-corrected chi connectivity index (χ3v) is 9.38. The molecule has 0 aliphatic heterocycles. The lowest BCUT2D eigenvalue weighted by atomic mass is 9.93. The van der Waals surface area contributed by atoms with E-state index >= 15 is 0 Å². The normalized spacial score (nSPS) is 11.3. The van der Waals surface area contributed by atoms with Crippen molar-refractivity contribution in [3.05, 3.63) is 102 Å². The van der Waals surface area contributed by atoms with Crippen LogP contribution in [-0.2, 0) is 25.7 Å². The molecule has 2 heterocycles. The van der Waals surface area contributed by atoms with E-state index in [1.807, 2.05) is 39.8 Å². The van der Waals surface area contributed by atoms with Gasteiger partial charge in [-0.3, -0.25) is 4.79 Å². The van der Waals surface area contributed by atoms with Gasteiger partial charge in [0, 0.05) is 33.0 Å². The standard InChI is InChI=1S/C43H54O7/c1-7-9-11-13-15-17-31-33-25-35(42(47)49-40(33)29(23-37(31)44)21-19-27(3)4)39(46)36-26-34-32(18-16-14-12-10-8-2)38(45)24-30(22-20-28(5)6)41(34)50-43(36)48/h19-20,23-26,44-45H,7-18,21-22H2,1-6H3. The Hall–Kier alpha value is -4.39. The van der Waals surface area contributed by atoms with Crippen LogP contribution in [0.15, 0.2) is 66.0 Å². The highest BCUT2D eigenvalue weighted by Crippen LogP contribution is 2.35. The van der Waals surface area contributed by atoms with Gasteiger partial charge in [0.05, 0.1) is 0 Å². The number of ketones is 1. The van der Waals surface area contributed by atoms with E-state index in [4.69, 9.17) is 8.83 Å². The Bertz CT molecular complexity index is 1850. The zero-order chi connectivity index (χ0) is 36.4. The summed E-state index contributed by atoms with van der Waals surface area (Å²) in [4.78, 5) is 41.3. The monoisotopic (exact) mass is 682 g/mol. The molecule has 0 amide bonds. The molecule has 0 spiro atoms. The van der Waals surface area contributed by atoms with Crippen LogP contribution in [-0.4, -0.2) is 16.0 Å². The molecule has 0 aliphatic rings. The molecule has 7 nitrogen and oxygen atoms in total. The molecule has 0 atom stereocenters. The molecule has 0 unspecified atom stereocenters. The lowest BCUT2D eigenvalue weighted by molar-refractivity contribution is 0.103. The number of phenolic OH excluding ortho intramolecular Hbond substituents is 2. The van der Waals surface area contributed by atoms with Crippen molar-refractivity contribution >= 4 is 27.7 Å². The number of aromatic hydroxyl groups is 2. The average molecular weight is 683 g/mol. The first kappa shape index (κ1) is 38.4. The van der Waals surface area contributed by atoms with Gasteiger partial charge in [0.15, 0.2) is 0 Å². The summed E-state index contributed by atoms with van der Waals surface area (Å²) in [6.45, 7) is 12.2. The van der Waals surface area contributed by atoms with Gasteiger partial charge in [-0.05, 0) is 90.5 Å². The molecule has 0 saturated carbocycles. The molecule has 7 heteroatoms. The highest BCUT2D eigenvalue weighted by Gasteiger charge is 2.25. The van der Waals surface area contributed by atoms with Gasteiger partial charge in [-0.25, -0.2) is 9.59 Å². The van der Waals surface area contributed by atoms with E-state index in [0.717, 1.165) is 75.4 Å².